The Morgan fingerprint density at radius 3 is 1.89 bits per heavy atom. The van der Waals surface area contributed by atoms with E-state index in [1.807, 2.05) is 6.92 Å². The third-order valence-electron chi connectivity index (χ3n) is 5.78. The molecule has 1 N–H and O–H groups in total. The molecule has 0 amide bonds. The fourth-order valence-electron chi connectivity index (χ4n) is 3.76. The number of carbonyl (C=O) groups is 2. The Morgan fingerprint density at radius 2 is 1.38 bits per heavy atom. The van der Waals surface area contributed by atoms with Gasteiger partial charge in [-0.15, -0.1) is 0 Å². The van der Waals surface area contributed by atoms with Gasteiger partial charge in [0.05, 0.1) is 31.9 Å². The lowest BCUT2D eigenvalue weighted by atomic mass is 9.84. The number of hydrogen-bond donors (Lipinski definition) is 1. The van der Waals surface area contributed by atoms with Crippen molar-refractivity contribution in [1.29, 1.82) is 0 Å². The quantitative estimate of drug-likeness (QED) is 0.315. The minimum atomic E-state index is -4.01. The molecule has 0 aliphatic carbocycles. The van der Waals surface area contributed by atoms with Crippen molar-refractivity contribution in [2.45, 2.75) is 17.7 Å². The summed E-state index contributed by atoms with van der Waals surface area (Å²) in [7, 11) is -0.148. The van der Waals surface area contributed by atoms with Crippen molar-refractivity contribution in [3.63, 3.8) is 0 Å². The van der Waals surface area contributed by atoms with E-state index in [9.17, 15) is 18.0 Å². The summed E-state index contributed by atoms with van der Waals surface area (Å²) in [5.41, 5.74) is 2.17. The summed E-state index contributed by atoms with van der Waals surface area (Å²) >= 11 is 0. The summed E-state index contributed by atoms with van der Waals surface area (Å²) in [6.45, 7) is 1.86. The first-order valence-corrected chi connectivity index (χ1v) is 12.8. The maximum absolute atomic E-state index is 13.3. The van der Waals surface area contributed by atoms with Crippen molar-refractivity contribution < 1.29 is 32.2 Å². The molecule has 8 nitrogen and oxygen atoms in total. The smallest absolute Gasteiger partial charge is 0.321 e. The highest BCUT2D eigenvalue weighted by Gasteiger charge is 2.37. The normalized spacial score (nSPS) is 12.5. The first kappa shape index (κ1) is 27.5. The zero-order valence-corrected chi connectivity index (χ0v) is 21.8. The van der Waals surface area contributed by atoms with Gasteiger partial charge in [-0.05, 0) is 42.3 Å². The average Bonchev–Trinajstić information content (AvgIpc) is 2.92. The molecule has 0 aromatic heterocycles. The lowest BCUT2D eigenvalue weighted by Gasteiger charge is -2.23. The highest BCUT2D eigenvalue weighted by Crippen LogP contribution is 2.33. The van der Waals surface area contributed by atoms with Crippen molar-refractivity contribution in [1.82, 2.24) is 4.72 Å². The molecule has 9 heteroatoms. The number of benzene rings is 3. The number of sulfonamides is 1. The van der Waals surface area contributed by atoms with Gasteiger partial charge in [0.15, 0.2) is 5.92 Å². The lowest BCUT2D eigenvalue weighted by Crippen LogP contribution is -2.32. The van der Waals surface area contributed by atoms with Gasteiger partial charge in [0.25, 0.3) is 10.0 Å². The van der Waals surface area contributed by atoms with E-state index in [1.54, 1.807) is 66.7 Å². The molecular weight excluding hydrogens is 494 g/mol. The minimum absolute atomic E-state index is 0.0680. The number of ether oxygens (including phenoxy) is 3. The zero-order chi connectivity index (χ0) is 27.0. The number of carbonyl (C=O) groups excluding carboxylic acids is 2. The van der Waals surface area contributed by atoms with Crippen LogP contribution in [0.15, 0.2) is 89.8 Å². The Labute approximate surface area is 216 Å². The van der Waals surface area contributed by atoms with Crippen LogP contribution in [-0.2, 0) is 29.1 Å². The fraction of sp³-hybridized carbons (Fsp3) is 0.214. The predicted octanol–water partition coefficient (Wildman–Crippen LogP) is 4.07. The van der Waals surface area contributed by atoms with Gasteiger partial charge in [-0.2, -0.15) is 0 Å². The second kappa shape index (κ2) is 12.2. The maximum atomic E-state index is 13.3. The Bertz CT molecular complexity index is 1330. The molecule has 3 rings (SSSR count). The molecular formula is C28H29NO7S. The first-order chi connectivity index (χ1) is 17.7. The molecule has 0 bridgehead atoms. The molecule has 0 fully saturated rings. The van der Waals surface area contributed by atoms with Gasteiger partial charge in [-0.1, -0.05) is 66.2 Å². The molecule has 0 radical (unpaired) electrons. The highest BCUT2D eigenvalue weighted by atomic mass is 32.2. The summed E-state index contributed by atoms with van der Waals surface area (Å²) in [5.74, 6) is -3.41. The van der Waals surface area contributed by atoms with Crippen LogP contribution in [0.1, 0.15) is 22.6 Å². The number of hydrogen-bond acceptors (Lipinski definition) is 7. The summed E-state index contributed by atoms with van der Waals surface area (Å²) < 4.78 is 44.4. The van der Waals surface area contributed by atoms with E-state index in [1.165, 1.54) is 39.5 Å². The standard InChI is InChI=1S/C28H29NO7S/c1-19-10-16-23(17-11-19)37(32,33)29-25(21-8-6-5-7-9-21)18-24(20-12-14-22(34-2)15-13-20)26(27(30)35-3)28(31)36-4/h5-18,24,26,29H,1-4H3/b25-18+/t24-/m0/s1. The summed E-state index contributed by atoms with van der Waals surface area (Å²) in [6.07, 6.45) is 1.53. The van der Waals surface area contributed by atoms with E-state index in [4.69, 9.17) is 14.2 Å². The second-order valence-electron chi connectivity index (χ2n) is 8.19. The number of methoxy groups -OCH3 is 3. The molecule has 3 aromatic rings. The number of allylic oxidation sites excluding steroid dienone is 1. The lowest BCUT2D eigenvalue weighted by molar-refractivity contribution is -0.159. The van der Waals surface area contributed by atoms with Crippen LogP contribution in [0.5, 0.6) is 5.75 Å². The second-order valence-corrected chi connectivity index (χ2v) is 9.87. The van der Waals surface area contributed by atoms with Gasteiger partial charge in [0.2, 0.25) is 0 Å². The van der Waals surface area contributed by atoms with Crippen molar-refractivity contribution >= 4 is 27.7 Å². The van der Waals surface area contributed by atoms with Gasteiger partial charge in [0.1, 0.15) is 5.75 Å². The van der Waals surface area contributed by atoms with Crippen LogP contribution >= 0.6 is 0 Å². The zero-order valence-electron chi connectivity index (χ0n) is 21.0. The molecule has 3 aromatic carbocycles. The number of aryl methyl sites for hydroxylation is 1. The van der Waals surface area contributed by atoms with Gasteiger partial charge in [-0.25, -0.2) is 8.42 Å². The minimum Gasteiger partial charge on any atom is -0.497 e. The average molecular weight is 524 g/mol. The largest absolute Gasteiger partial charge is 0.497 e. The van der Waals surface area contributed by atoms with Gasteiger partial charge < -0.3 is 14.2 Å². The van der Waals surface area contributed by atoms with E-state index in [0.717, 1.165) is 5.56 Å². The number of esters is 2. The van der Waals surface area contributed by atoms with E-state index in [-0.39, 0.29) is 10.6 Å². The Hall–Kier alpha value is -4.11. The highest BCUT2D eigenvalue weighted by molar-refractivity contribution is 7.89. The molecule has 0 spiro atoms. The van der Waals surface area contributed by atoms with Crippen LogP contribution in [0.25, 0.3) is 5.70 Å². The topological polar surface area (TPSA) is 108 Å². The molecule has 0 aliphatic heterocycles. The van der Waals surface area contributed by atoms with Crippen molar-refractivity contribution in [3.8, 4) is 5.75 Å². The molecule has 0 heterocycles. The molecule has 0 saturated heterocycles. The van der Waals surface area contributed by atoms with Crippen molar-refractivity contribution in [3.05, 3.63) is 102 Å². The summed E-state index contributed by atoms with van der Waals surface area (Å²) in [6, 6.07) is 21.9. The molecule has 0 aliphatic rings. The van der Waals surface area contributed by atoms with Crippen LogP contribution in [0.2, 0.25) is 0 Å². The summed E-state index contributed by atoms with van der Waals surface area (Å²) in [5, 5.41) is 0. The molecule has 0 unspecified atom stereocenters. The third kappa shape index (κ3) is 6.77. The maximum Gasteiger partial charge on any atom is 0.321 e. The van der Waals surface area contributed by atoms with Gasteiger partial charge >= 0.3 is 11.9 Å². The van der Waals surface area contributed by atoms with Crippen molar-refractivity contribution in [2.24, 2.45) is 5.92 Å². The first-order valence-electron chi connectivity index (χ1n) is 11.4. The Morgan fingerprint density at radius 1 is 0.811 bits per heavy atom. The molecule has 37 heavy (non-hydrogen) atoms. The van der Waals surface area contributed by atoms with E-state index >= 15 is 0 Å². The van der Waals surface area contributed by atoms with Crippen LogP contribution in [0.4, 0.5) is 0 Å². The van der Waals surface area contributed by atoms with E-state index < -0.39 is 33.8 Å². The molecule has 0 saturated carbocycles. The number of rotatable bonds is 10. The van der Waals surface area contributed by atoms with E-state index in [0.29, 0.717) is 16.9 Å². The van der Waals surface area contributed by atoms with Crippen LogP contribution < -0.4 is 9.46 Å². The number of nitrogens with one attached hydrogen (secondary N) is 1. The fourth-order valence-corrected chi connectivity index (χ4v) is 4.85. The third-order valence-corrected chi connectivity index (χ3v) is 7.16. The Kier molecular flexibility index (Phi) is 9.08. The van der Waals surface area contributed by atoms with Crippen molar-refractivity contribution in [2.75, 3.05) is 21.3 Å². The van der Waals surface area contributed by atoms with Crippen LogP contribution in [0, 0.1) is 12.8 Å². The van der Waals surface area contributed by atoms with Crippen LogP contribution in [-0.4, -0.2) is 41.7 Å². The van der Waals surface area contributed by atoms with Gasteiger partial charge in [-0.3, -0.25) is 14.3 Å². The molecule has 194 valence electrons. The Balaban J connectivity index is 2.21. The van der Waals surface area contributed by atoms with Crippen LogP contribution in [0.3, 0.4) is 0 Å². The van der Waals surface area contributed by atoms with E-state index in [2.05, 4.69) is 4.72 Å². The monoisotopic (exact) mass is 523 g/mol. The predicted molar refractivity (Wildman–Crippen MR) is 139 cm³/mol. The SMILES string of the molecule is COC(=O)C(C(=O)OC)[C@@H](/C=C(/NS(=O)(=O)c1ccc(C)cc1)c1ccccc1)c1ccc(OC)cc1. The molecule has 1 atom stereocenters. The summed E-state index contributed by atoms with van der Waals surface area (Å²) in [4.78, 5) is 25.7. The van der Waals surface area contributed by atoms with Gasteiger partial charge in [0, 0.05) is 5.92 Å².